The van der Waals surface area contributed by atoms with Crippen LogP contribution >= 0.6 is 0 Å². The molecular formula is C20H12F2N6O2. The van der Waals surface area contributed by atoms with Crippen LogP contribution in [-0.2, 0) is 0 Å². The number of nitriles is 1. The van der Waals surface area contributed by atoms with Gasteiger partial charge in [-0.05, 0) is 18.2 Å². The van der Waals surface area contributed by atoms with Crippen molar-refractivity contribution in [1.82, 2.24) is 19.6 Å². The molecule has 0 aliphatic heterocycles. The Labute approximate surface area is 167 Å². The maximum absolute atomic E-state index is 14.5. The Balaban J connectivity index is 1.85. The molecule has 8 nitrogen and oxygen atoms in total. The van der Waals surface area contributed by atoms with E-state index in [0.29, 0.717) is 6.29 Å². The van der Waals surface area contributed by atoms with Gasteiger partial charge in [-0.15, -0.1) is 5.10 Å². The number of nitrogens with zero attached hydrogens (tertiary/aromatic N) is 5. The van der Waals surface area contributed by atoms with E-state index >= 15 is 0 Å². The first-order valence-electron chi connectivity index (χ1n) is 8.58. The number of rotatable bonds is 4. The van der Waals surface area contributed by atoms with E-state index in [2.05, 4.69) is 15.1 Å². The van der Waals surface area contributed by atoms with Gasteiger partial charge in [-0.2, -0.15) is 9.78 Å². The van der Waals surface area contributed by atoms with Gasteiger partial charge in [-0.3, -0.25) is 4.79 Å². The summed E-state index contributed by atoms with van der Waals surface area (Å²) in [4.78, 5) is 19.4. The number of nitrogens with two attached hydrogens (primary N) is 1. The summed E-state index contributed by atoms with van der Waals surface area (Å²) in [5.74, 6) is -1.95. The van der Waals surface area contributed by atoms with Crippen molar-refractivity contribution in [1.29, 1.82) is 5.26 Å². The van der Waals surface area contributed by atoms with Gasteiger partial charge in [0.15, 0.2) is 17.8 Å². The number of benzene rings is 2. The van der Waals surface area contributed by atoms with Crippen LogP contribution in [0.4, 0.5) is 14.7 Å². The molecular weight excluding hydrogens is 394 g/mol. The lowest BCUT2D eigenvalue weighted by atomic mass is 10.0. The van der Waals surface area contributed by atoms with Crippen molar-refractivity contribution in [3.63, 3.8) is 0 Å². The Morgan fingerprint density at radius 3 is 2.70 bits per heavy atom. The first-order valence-corrected chi connectivity index (χ1v) is 8.58. The molecule has 2 heterocycles. The Bertz CT molecular complexity index is 1350. The van der Waals surface area contributed by atoms with Crippen LogP contribution in [0.5, 0.6) is 0 Å². The highest BCUT2D eigenvalue weighted by Crippen LogP contribution is 2.28. The van der Waals surface area contributed by atoms with Crippen LogP contribution in [0, 0.1) is 23.0 Å². The number of carbonyl (C=O) groups excluding carboxylic acids is 1. The summed E-state index contributed by atoms with van der Waals surface area (Å²) in [6.45, 7) is 0. The fourth-order valence-electron chi connectivity index (χ4n) is 3.07. The first-order chi connectivity index (χ1) is 14.4. The van der Waals surface area contributed by atoms with E-state index < -0.39 is 17.7 Å². The number of hydrogen-bond donors (Lipinski definition) is 2. The zero-order valence-electron chi connectivity index (χ0n) is 15.1. The number of aliphatic hydroxyl groups excluding tert-OH is 1. The minimum absolute atomic E-state index is 0.0330. The summed E-state index contributed by atoms with van der Waals surface area (Å²) >= 11 is 0. The van der Waals surface area contributed by atoms with Crippen molar-refractivity contribution in [2.24, 2.45) is 0 Å². The lowest BCUT2D eigenvalue weighted by Crippen LogP contribution is -2.09. The standard InChI is InChI=1S/C20H12F2N6O2/c21-13-6-2-4-11(9-29)16(13)18(30)19-26-15-7-14(25-20(24)28(15)27-19)12-5-1-3-10(8-23)17(12)22/h1-7,9,18,30H,(H2,24,25). The van der Waals surface area contributed by atoms with Gasteiger partial charge >= 0.3 is 0 Å². The third-order valence-electron chi connectivity index (χ3n) is 4.49. The van der Waals surface area contributed by atoms with Crippen LogP contribution in [0.2, 0.25) is 0 Å². The molecule has 2 aromatic carbocycles. The summed E-state index contributed by atoms with van der Waals surface area (Å²) in [7, 11) is 0. The smallest absolute Gasteiger partial charge is 0.223 e. The van der Waals surface area contributed by atoms with Crippen molar-refractivity contribution in [2.75, 3.05) is 5.73 Å². The van der Waals surface area contributed by atoms with Crippen molar-refractivity contribution in [3.8, 4) is 17.3 Å². The zero-order chi connectivity index (χ0) is 21.4. The molecule has 3 N–H and O–H groups in total. The van der Waals surface area contributed by atoms with Crippen molar-refractivity contribution < 1.29 is 18.7 Å². The minimum atomic E-state index is -1.65. The highest BCUT2D eigenvalue weighted by molar-refractivity contribution is 5.78. The summed E-state index contributed by atoms with van der Waals surface area (Å²) in [6.07, 6.45) is -1.23. The van der Waals surface area contributed by atoms with E-state index in [1.54, 1.807) is 6.07 Å². The minimum Gasteiger partial charge on any atom is -0.380 e. The quantitative estimate of drug-likeness (QED) is 0.498. The van der Waals surface area contributed by atoms with Gasteiger partial charge in [0.25, 0.3) is 0 Å². The molecule has 0 amide bonds. The molecule has 30 heavy (non-hydrogen) atoms. The Morgan fingerprint density at radius 2 is 1.97 bits per heavy atom. The fraction of sp³-hybridized carbons (Fsp3) is 0.0500. The molecule has 1 unspecified atom stereocenters. The van der Waals surface area contributed by atoms with Crippen LogP contribution < -0.4 is 5.73 Å². The van der Waals surface area contributed by atoms with Crippen LogP contribution in [-0.4, -0.2) is 31.0 Å². The second-order valence-corrected chi connectivity index (χ2v) is 6.28. The maximum Gasteiger partial charge on any atom is 0.223 e. The first kappa shape index (κ1) is 19.1. The lowest BCUT2D eigenvalue weighted by Gasteiger charge is -2.10. The van der Waals surface area contributed by atoms with E-state index in [1.807, 2.05) is 0 Å². The molecule has 4 rings (SSSR count). The summed E-state index contributed by atoms with van der Waals surface area (Å²) in [6, 6.07) is 11.1. The molecule has 0 saturated heterocycles. The van der Waals surface area contributed by atoms with Crippen LogP contribution in [0.1, 0.15) is 33.4 Å². The molecule has 0 aliphatic carbocycles. The second kappa shape index (κ2) is 7.31. The van der Waals surface area contributed by atoms with Crippen LogP contribution in [0.25, 0.3) is 16.9 Å². The number of carbonyl (C=O) groups is 1. The van der Waals surface area contributed by atoms with Crippen LogP contribution in [0.3, 0.4) is 0 Å². The van der Waals surface area contributed by atoms with Gasteiger partial charge in [0.2, 0.25) is 5.95 Å². The SMILES string of the molecule is N#Cc1cccc(-c2cc3nc(C(O)c4c(F)cccc4C=O)nn3c(N)n2)c1F. The highest BCUT2D eigenvalue weighted by atomic mass is 19.1. The van der Waals surface area contributed by atoms with Gasteiger partial charge in [0.1, 0.15) is 23.8 Å². The van der Waals surface area contributed by atoms with Gasteiger partial charge in [0, 0.05) is 22.8 Å². The topological polar surface area (TPSA) is 130 Å². The van der Waals surface area contributed by atoms with Gasteiger partial charge in [-0.1, -0.05) is 18.2 Å². The largest absolute Gasteiger partial charge is 0.380 e. The van der Waals surface area contributed by atoms with Gasteiger partial charge in [-0.25, -0.2) is 18.7 Å². The van der Waals surface area contributed by atoms with E-state index in [4.69, 9.17) is 11.0 Å². The predicted molar refractivity (Wildman–Crippen MR) is 101 cm³/mol. The van der Waals surface area contributed by atoms with E-state index in [-0.39, 0.29) is 45.4 Å². The molecule has 0 saturated carbocycles. The number of halogens is 2. The molecule has 0 radical (unpaired) electrons. The number of hydrogen-bond acceptors (Lipinski definition) is 7. The summed E-state index contributed by atoms with van der Waals surface area (Å²) in [5.41, 5.74) is 5.66. The highest BCUT2D eigenvalue weighted by Gasteiger charge is 2.24. The van der Waals surface area contributed by atoms with Gasteiger partial charge in [0.05, 0.1) is 11.3 Å². The molecule has 0 spiro atoms. The number of fused-ring (bicyclic) bond motifs is 1. The van der Waals surface area contributed by atoms with Gasteiger partial charge < -0.3 is 10.8 Å². The summed E-state index contributed by atoms with van der Waals surface area (Å²) < 4.78 is 29.8. The Hall–Kier alpha value is -4.23. The Kier molecular flexibility index (Phi) is 4.65. The van der Waals surface area contributed by atoms with E-state index in [0.717, 1.165) is 10.6 Å². The fourth-order valence-corrected chi connectivity index (χ4v) is 3.07. The number of anilines is 1. The molecule has 4 aromatic rings. The average Bonchev–Trinajstić information content (AvgIpc) is 3.18. The van der Waals surface area contributed by atoms with E-state index in [9.17, 15) is 18.7 Å². The molecule has 0 bridgehead atoms. The van der Waals surface area contributed by atoms with Crippen molar-refractivity contribution in [3.05, 3.63) is 76.6 Å². The zero-order valence-corrected chi connectivity index (χ0v) is 15.1. The van der Waals surface area contributed by atoms with Crippen molar-refractivity contribution >= 4 is 17.9 Å². The third kappa shape index (κ3) is 3.03. The monoisotopic (exact) mass is 406 g/mol. The van der Waals surface area contributed by atoms with Crippen LogP contribution in [0.15, 0.2) is 42.5 Å². The normalized spacial score (nSPS) is 11.9. The maximum atomic E-state index is 14.5. The summed E-state index contributed by atoms with van der Waals surface area (Å²) in [5, 5.41) is 23.6. The second-order valence-electron chi connectivity index (χ2n) is 6.28. The molecule has 148 valence electrons. The number of aldehydes is 1. The molecule has 0 aliphatic rings. The molecule has 1 atom stereocenters. The Morgan fingerprint density at radius 1 is 1.20 bits per heavy atom. The number of nitrogen functional groups attached to an aromatic ring is 1. The van der Waals surface area contributed by atoms with Crippen molar-refractivity contribution in [2.45, 2.75) is 6.10 Å². The number of aliphatic hydroxyl groups is 1. The third-order valence-corrected chi connectivity index (χ3v) is 4.49. The van der Waals surface area contributed by atoms with E-state index in [1.165, 1.54) is 36.4 Å². The molecule has 2 aromatic heterocycles. The number of aromatic nitrogens is 4. The average molecular weight is 406 g/mol. The predicted octanol–water partition coefficient (Wildman–Crippen LogP) is 2.42. The molecule has 10 heteroatoms. The molecule has 0 fully saturated rings. The lowest BCUT2D eigenvalue weighted by molar-refractivity contribution is 0.111.